The first-order valence-corrected chi connectivity index (χ1v) is 16.9. The second-order valence-electron chi connectivity index (χ2n) is 10.4. The van der Waals surface area contributed by atoms with E-state index in [1.807, 2.05) is 23.1 Å². The topological polar surface area (TPSA) is 69.7 Å². The van der Waals surface area contributed by atoms with E-state index in [9.17, 15) is 13.2 Å². The molecule has 0 bridgehead atoms. The maximum atomic E-state index is 13.4. The molecule has 2 aromatic carbocycles. The molecule has 1 atom stereocenters. The molecule has 0 radical (unpaired) electrons. The van der Waals surface area contributed by atoms with Gasteiger partial charge in [0, 0.05) is 43.7 Å². The molecule has 0 unspecified atom stereocenters. The highest BCUT2D eigenvalue weighted by Crippen LogP contribution is 2.33. The van der Waals surface area contributed by atoms with Crippen molar-refractivity contribution in [2.45, 2.75) is 35.9 Å². The Kier molecular flexibility index (Phi) is 9.46. The number of nitrogens with one attached hydrogen (secondary N) is 1. The lowest BCUT2D eigenvalue weighted by Gasteiger charge is -2.41. The normalized spacial score (nSPS) is 21.5. The Morgan fingerprint density at radius 2 is 1.56 bits per heavy atom. The van der Waals surface area contributed by atoms with Crippen LogP contribution in [-0.4, -0.2) is 56.8 Å². The molecule has 1 aliphatic heterocycles. The number of nitrogens with zero attached hydrogens (tertiary/aromatic N) is 2. The van der Waals surface area contributed by atoms with Crippen LogP contribution in [0.4, 0.5) is 0 Å². The van der Waals surface area contributed by atoms with Gasteiger partial charge in [-0.3, -0.25) is 9.69 Å². The third-order valence-corrected chi connectivity index (χ3v) is 11.7. The predicted octanol–water partition coefficient (Wildman–Crippen LogP) is 6.18. The van der Waals surface area contributed by atoms with Gasteiger partial charge in [-0.2, -0.15) is 0 Å². The molecule has 1 aliphatic carbocycles. The molecule has 39 heavy (non-hydrogen) atoms. The standard InChI is InChI=1S/C29H33BrClN3O3S2/c30-26-14-15-27(38-26)39(36,37)32-20-21-6-8-24(9-7-21)29(35)34-18-16-33(17-19-34)28(22-4-2-1-3-5-22)23-10-12-25(31)13-11-23/h1-5,10-15,21,24,28,32H,6-9,16-20H2/t21?,24?,28-/m0/s1. The van der Waals surface area contributed by atoms with Gasteiger partial charge >= 0.3 is 0 Å². The van der Waals surface area contributed by atoms with Gasteiger partial charge < -0.3 is 4.90 Å². The van der Waals surface area contributed by atoms with Crippen LogP contribution in [0.25, 0.3) is 0 Å². The number of halogens is 2. The second kappa shape index (κ2) is 12.8. The number of amides is 1. The number of benzene rings is 2. The molecule has 1 N–H and O–H groups in total. The fourth-order valence-electron chi connectivity index (χ4n) is 5.71. The first-order chi connectivity index (χ1) is 18.8. The zero-order chi connectivity index (χ0) is 27.4. The van der Waals surface area contributed by atoms with Crippen molar-refractivity contribution in [2.24, 2.45) is 11.8 Å². The zero-order valence-corrected chi connectivity index (χ0v) is 25.6. The van der Waals surface area contributed by atoms with Crippen LogP contribution in [0.1, 0.15) is 42.9 Å². The summed E-state index contributed by atoms with van der Waals surface area (Å²) in [4.78, 5) is 17.9. The van der Waals surface area contributed by atoms with Crippen LogP contribution in [0.3, 0.4) is 0 Å². The molecule has 1 saturated carbocycles. The number of sulfonamides is 1. The number of hydrogen-bond donors (Lipinski definition) is 1. The summed E-state index contributed by atoms with van der Waals surface area (Å²) in [6.07, 6.45) is 3.35. The number of carbonyl (C=O) groups excluding carboxylic acids is 1. The van der Waals surface area contributed by atoms with Crippen LogP contribution < -0.4 is 4.72 Å². The molecule has 1 saturated heterocycles. The predicted molar refractivity (Wildman–Crippen MR) is 161 cm³/mol. The fourth-order valence-corrected chi connectivity index (χ4v) is 9.00. The van der Waals surface area contributed by atoms with Gasteiger partial charge in [0.1, 0.15) is 4.21 Å². The maximum Gasteiger partial charge on any atom is 0.250 e. The van der Waals surface area contributed by atoms with E-state index in [0.717, 1.165) is 47.6 Å². The largest absolute Gasteiger partial charge is 0.340 e. The summed E-state index contributed by atoms with van der Waals surface area (Å²) in [5.41, 5.74) is 2.44. The van der Waals surface area contributed by atoms with Gasteiger partial charge in [-0.15, -0.1) is 11.3 Å². The monoisotopic (exact) mass is 649 g/mol. The van der Waals surface area contributed by atoms with Crippen molar-refractivity contribution in [1.29, 1.82) is 0 Å². The number of thiophene rings is 1. The third-order valence-electron chi connectivity index (χ3n) is 7.86. The van der Waals surface area contributed by atoms with Crippen LogP contribution in [0, 0.1) is 11.8 Å². The summed E-state index contributed by atoms with van der Waals surface area (Å²) in [7, 11) is -3.49. The van der Waals surface area contributed by atoms with Gasteiger partial charge in [-0.1, -0.05) is 54.1 Å². The summed E-state index contributed by atoms with van der Waals surface area (Å²) >= 11 is 10.7. The Hall–Kier alpha value is -1.75. The molecule has 3 aromatic rings. The van der Waals surface area contributed by atoms with Crippen molar-refractivity contribution in [3.63, 3.8) is 0 Å². The van der Waals surface area contributed by atoms with Gasteiger partial charge in [0.05, 0.1) is 9.83 Å². The van der Waals surface area contributed by atoms with Crippen molar-refractivity contribution >= 4 is 54.8 Å². The molecule has 0 spiro atoms. The summed E-state index contributed by atoms with van der Waals surface area (Å²) in [5.74, 6) is 0.536. The van der Waals surface area contributed by atoms with Gasteiger partial charge in [0.2, 0.25) is 15.9 Å². The highest BCUT2D eigenvalue weighted by atomic mass is 79.9. The van der Waals surface area contributed by atoms with Crippen molar-refractivity contribution in [2.75, 3.05) is 32.7 Å². The van der Waals surface area contributed by atoms with Crippen molar-refractivity contribution in [1.82, 2.24) is 14.5 Å². The fraction of sp³-hybridized carbons (Fsp3) is 0.414. The van der Waals surface area contributed by atoms with Crippen molar-refractivity contribution in [3.05, 3.63) is 86.7 Å². The van der Waals surface area contributed by atoms with E-state index in [-0.39, 0.29) is 23.8 Å². The SMILES string of the molecule is O=C(C1CCC(CNS(=O)(=O)c2ccc(Br)s2)CC1)N1CCN([C@@H](c2ccccc2)c2ccc(Cl)cc2)CC1. The molecule has 2 heterocycles. The minimum Gasteiger partial charge on any atom is -0.340 e. The Morgan fingerprint density at radius 1 is 0.923 bits per heavy atom. The summed E-state index contributed by atoms with van der Waals surface area (Å²) in [5, 5.41) is 0.726. The molecular formula is C29H33BrClN3O3S2. The van der Waals surface area contributed by atoms with E-state index in [1.165, 1.54) is 22.5 Å². The Bertz CT molecular complexity index is 1350. The van der Waals surface area contributed by atoms with E-state index in [2.05, 4.69) is 62.0 Å². The molecule has 10 heteroatoms. The highest BCUT2D eigenvalue weighted by Gasteiger charge is 2.33. The lowest BCUT2D eigenvalue weighted by Crippen LogP contribution is -2.51. The van der Waals surface area contributed by atoms with Gasteiger partial charge in [-0.25, -0.2) is 13.1 Å². The third kappa shape index (κ3) is 7.13. The molecule has 2 aliphatic rings. The lowest BCUT2D eigenvalue weighted by molar-refractivity contribution is -0.138. The summed E-state index contributed by atoms with van der Waals surface area (Å²) in [6.45, 7) is 3.47. The van der Waals surface area contributed by atoms with Gasteiger partial charge in [0.25, 0.3) is 0 Å². The molecule has 1 amide bonds. The zero-order valence-electron chi connectivity index (χ0n) is 21.6. The Labute approximate surface area is 248 Å². The van der Waals surface area contributed by atoms with Crippen LogP contribution in [0.15, 0.2) is 74.7 Å². The Morgan fingerprint density at radius 3 is 2.18 bits per heavy atom. The summed E-state index contributed by atoms with van der Waals surface area (Å²) in [6, 6.07) is 22.0. The first-order valence-electron chi connectivity index (χ1n) is 13.4. The number of carbonyl (C=O) groups is 1. The Balaban J connectivity index is 1.13. The minimum atomic E-state index is -3.49. The van der Waals surface area contributed by atoms with Crippen LogP contribution in [0.5, 0.6) is 0 Å². The molecule has 2 fully saturated rings. The average Bonchev–Trinajstić information content (AvgIpc) is 3.41. The molecule has 208 valence electrons. The quantitative estimate of drug-likeness (QED) is 0.316. The average molecular weight is 651 g/mol. The highest BCUT2D eigenvalue weighted by molar-refractivity contribution is 9.11. The van der Waals surface area contributed by atoms with E-state index in [4.69, 9.17) is 11.6 Å². The number of piperazine rings is 1. The molecule has 6 nitrogen and oxygen atoms in total. The van der Waals surface area contributed by atoms with Crippen LogP contribution in [0.2, 0.25) is 5.02 Å². The molecule has 5 rings (SSSR count). The molecule has 1 aromatic heterocycles. The van der Waals surface area contributed by atoms with E-state index in [1.54, 1.807) is 12.1 Å². The van der Waals surface area contributed by atoms with Crippen molar-refractivity contribution < 1.29 is 13.2 Å². The van der Waals surface area contributed by atoms with E-state index >= 15 is 0 Å². The van der Waals surface area contributed by atoms with Gasteiger partial charge in [-0.05, 0) is 82.9 Å². The minimum absolute atomic E-state index is 0.0267. The lowest BCUT2D eigenvalue weighted by atomic mass is 9.81. The van der Waals surface area contributed by atoms with E-state index < -0.39 is 10.0 Å². The van der Waals surface area contributed by atoms with Gasteiger partial charge in [0.15, 0.2) is 0 Å². The van der Waals surface area contributed by atoms with E-state index in [0.29, 0.717) is 23.8 Å². The summed E-state index contributed by atoms with van der Waals surface area (Å²) < 4.78 is 29.0. The molecular weight excluding hydrogens is 618 g/mol. The number of rotatable bonds is 8. The first kappa shape index (κ1) is 28.8. The van der Waals surface area contributed by atoms with Crippen LogP contribution in [-0.2, 0) is 14.8 Å². The number of hydrogen-bond acceptors (Lipinski definition) is 5. The van der Waals surface area contributed by atoms with Crippen molar-refractivity contribution in [3.8, 4) is 0 Å². The van der Waals surface area contributed by atoms with Crippen LogP contribution >= 0.6 is 38.9 Å². The maximum absolute atomic E-state index is 13.4. The smallest absolute Gasteiger partial charge is 0.250 e. The second-order valence-corrected chi connectivity index (χ2v) is 15.2.